The third-order valence-corrected chi connectivity index (χ3v) is 4.29. The largest absolute Gasteiger partial charge is 0.481 e. The Morgan fingerprint density at radius 2 is 1.50 bits per heavy atom. The van der Waals surface area contributed by atoms with E-state index in [0.717, 1.165) is 16.3 Å². The fraction of sp³-hybridized carbons (Fsp3) is 0.0625. The van der Waals surface area contributed by atoms with Crippen LogP contribution >= 0.6 is 11.8 Å². The molecule has 2 heterocycles. The van der Waals surface area contributed by atoms with Gasteiger partial charge in [0.25, 0.3) is 11.1 Å². The number of benzene rings is 2. The summed E-state index contributed by atoms with van der Waals surface area (Å²) in [7, 11) is 0. The standard InChI is InChI=1S/C16H11NO4S/c18-14(19)9-22-13-4-2-1-3-12(13)17-15(20)10-5-6-11(8-7-10)16(17)21/h1-8H,9H2,(H,18,19). The highest BCUT2D eigenvalue weighted by atomic mass is 32.2. The number of nitrogens with zero attached hydrogens (tertiary/aromatic N) is 1. The van der Waals surface area contributed by atoms with Crippen LogP contribution < -0.4 is 11.1 Å². The van der Waals surface area contributed by atoms with Crippen LogP contribution in [0.3, 0.4) is 0 Å². The molecule has 0 atom stereocenters. The Labute approximate surface area is 129 Å². The molecule has 22 heavy (non-hydrogen) atoms. The van der Waals surface area contributed by atoms with Crippen molar-refractivity contribution in [3.05, 3.63) is 69.2 Å². The van der Waals surface area contributed by atoms with Crippen LogP contribution in [0.15, 0.2) is 63.0 Å². The summed E-state index contributed by atoms with van der Waals surface area (Å²) in [5, 5.41) is 9.67. The number of carbonyl (C=O) groups is 1. The van der Waals surface area contributed by atoms with Crippen LogP contribution in [-0.4, -0.2) is 21.4 Å². The van der Waals surface area contributed by atoms with Crippen LogP contribution in [0, 0.1) is 0 Å². The van der Waals surface area contributed by atoms with Gasteiger partial charge in [-0.05, 0) is 36.4 Å². The number of para-hydroxylation sites is 1. The number of aromatic nitrogens is 1. The van der Waals surface area contributed by atoms with E-state index >= 15 is 0 Å². The van der Waals surface area contributed by atoms with Crippen LogP contribution in [-0.2, 0) is 4.79 Å². The van der Waals surface area contributed by atoms with Crippen LogP contribution in [0.2, 0.25) is 0 Å². The van der Waals surface area contributed by atoms with Crippen molar-refractivity contribution >= 4 is 28.5 Å². The molecule has 0 fully saturated rings. The first-order chi connectivity index (χ1) is 10.6. The van der Waals surface area contributed by atoms with Gasteiger partial charge in [-0.2, -0.15) is 0 Å². The van der Waals surface area contributed by atoms with E-state index in [-0.39, 0.29) is 5.75 Å². The lowest BCUT2D eigenvalue weighted by molar-refractivity contribution is -0.133. The van der Waals surface area contributed by atoms with E-state index in [1.807, 2.05) is 0 Å². The third kappa shape index (κ3) is 2.48. The van der Waals surface area contributed by atoms with E-state index < -0.39 is 17.1 Å². The Hall–Kier alpha value is -2.60. The van der Waals surface area contributed by atoms with Gasteiger partial charge in [-0.1, -0.05) is 12.1 Å². The number of hydrogen-bond acceptors (Lipinski definition) is 4. The number of hydrogen-bond donors (Lipinski definition) is 1. The monoisotopic (exact) mass is 313 g/mol. The van der Waals surface area contributed by atoms with Crippen LogP contribution in [0.25, 0.3) is 16.5 Å². The Balaban J connectivity index is 2.27. The molecule has 2 aromatic heterocycles. The summed E-state index contributed by atoms with van der Waals surface area (Å²) in [5.41, 5.74) is -0.409. The van der Waals surface area contributed by atoms with Crippen molar-refractivity contribution in [3.63, 3.8) is 0 Å². The zero-order valence-corrected chi connectivity index (χ0v) is 12.2. The summed E-state index contributed by atoms with van der Waals surface area (Å²) in [6.07, 6.45) is 0. The van der Waals surface area contributed by atoms with Gasteiger partial charge in [0.05, 0.1) is 11.4 Å². The van der Waals surface area contributed by atoms with Crippen molar-refractivity contribution in [2.24, 2.45) is 0 Å². The van der Waals surface area contributed by atoms with E-state index in [0.29, 0.717) is 21.4 Å². The first-order valence-electron chi connectivity index (χ1n) is 6.50. The summed E-state index contributed by atoms with van der Waals surface area (Å²) in [6, 6.07) is 13.3. The summed E-state index contributed by atoms with van der Waals surface area (Å²) in [5.74, 6) is -1.10. The van der Waals surface area contributed by atoms with Crippen molar-refractivity contribution in [1.82, 2.24) is 4.57 Å². The molecule has 0 aliphatic carbocycles. The van der Waals surface area contributed by atoms with E-state index in [1.54, 1.807) is 48.5 Å². The molecule has 0 unspecified atom stereocenters. The van der Waals surface area contributed by atoms with Gasteiger partial charge in [0, 0.05) is 15.7 Å². The highest BCUT2D eigenvalue weighted by molar-refractivity contribution is 8.00. The van der Waals surface area contributed by atoms with Crippen molar-refractivity contribution in [2.75, 3.05) is 5.75 Å². The Bertz CT molecular complexity index is 897. The minimum Gasteiger partial charge on any atom is -0.481 e. The van der Waals surface area contributed by atoms with Gasteiger partial charge in [0.1, 0.15) is 0 Å². The fourth-order valence-electron chi connectivity index (χ4n) is 2.23. The second-order valence-electron chi connectivity index (χ2n) is 4.67. The van der Waals surface area contributed by atoms with E-state index in [2.05, 4.69) is 0 Å². The molecule has 0 aliphatic heterocycles. The lowest BCUT2D eigenvalue weighted by Crippen LogP contribution is -2.28. The topological polar surface area (TPSA) is 76.4 Å². The van der Waals surface area contributed by atoms with E-state index in [1.165, 1.54) is 0 Å². The summed E-state index contributed by atoms with van der Waals surface area (Å²) in [4.78, 5) is 36.4. The van der Waals surface area contributed by atoms with Gasteiger partial charge in [0.2, 0.25) is 0 Å². The molecule has 4 rings (SSSR count). The number of carboxylic acids is 1. The third-order valence-electron chi connectivity index (χ3n) is 3.24. The molecule has 110 valence electrons. The Kier molecular flexibility index (Phi) is 3.68. The molecular weight excluding hydrogens is 302 g/mol. The highest BCUT2D eigenvalue weighted by Gasteiger charge is 2.13. The minimum atomic E-state index is -0.958. The highest BCUT2D eigenvalue weighted by Crippen LogP contribution is 2.24. The van der Waals surface area contributed by atoms with Crippen molar-refractivity contribution in [1.29, 1.82) is 0 Å². The van der Waals surface area contributed by atoms with Crippen molar-refractivity contribution in [3.8, 4) is 5.69 Å². The second-order valence-corrected chi connectivity index (χ2v) is 5.69. The predicted octanol–water partition coefficient (Wildman–Crippen LogP) is 1.97. The average molecular weight is 313 g/mol. The molecule has 1 N–H and O–H groups in total. The molecule has 4 aromatic rings. The molecule has 2 bridgehead atoms. The normalized spacial score (nSPS) is 10.9. The van der Waals surface area contributed by atoms with Gasteiger partial charge in [-0.25, -0.2) is 4.57 Å². The Morgan fingerprint density at radius 1 is 0.955 bits per heavy atom. The number of aliphatic carboxylic acids is 1. The van der Waals surface area contributed by atoms with E-state index in [4.69, 9.17) is 5.11 Å². The molecule has 0 aliphatic rings. The molecule has 0 radical (unpaired) electrons. The molecule has 0 saturated carbocycles. The predicted molar refractivity (Wildman–Crippen MR) is 85.4 cm³/mol. The van der Waals surface area contributed by atoms with E-state index in [9.17, 15) is 14.4 Å². The number of carboxylic acid groups (broad SMARTS) is 1. The van der Waals surface area contributed by atoms with Gasteiger partial charge >= 0.3 is 5.97 Å². The average Bonchev–Trinajstić information content (AvgIpc) is 2.71. The van der Waals surface area contributed by atoms with Gasteiger partial charge < -0.3 is 5.11 Å². The zero-order valence-electron chi connectivity index (χ0n) is 11.4. The maximum atomic E-state index is 12.5. The number of fused-ring (bicyclic) bond motifs is 4. The van der Waals surface area contributed by atoms with Crippen LogP contribution in [0.5, 0.6) is 0 Å². The van der Waals surface area contributed by atoms with Crippen molar-refractivity contribution < 1.29 is 9.90 Å². The number of thioether (sulfide) groups is 1. The Morgan fingerprint density at radius 3 is 2.05 bits per heavy atom. The van der Waals surface area contributed by atoms with Gasteiger partial charge in [-0.15, -0.1) is 11.8 Å². The second kappa shape index (κ2) is 5.65. The summed E-state index contributed by atoms with van der Waals surface area (Å²) >= 11 is 1.08. The molecule has 2 aromatic carbocycles. The lowest BCUT2D eigenvalue weighted by atomic mass is 10.2. The SMILES string of the molecule is O=C(O)CSc1ccccc1-n1c(=O)c2ccc(cc2)c1=O. The zero-order chi connectivity index (χ0) is 15.7. The molecule has 6 heteroatoms. The quantitative estimate of drug-likeness (QED) is 0.745. The van der Waals surface area contributed by atoms with Crippen LogP contribution in [0.1, 0.15) is 0 Å². The fourth-order valence-corrected chi connectivity index (χ4v) is 2.99. The molecule has 0 saturated heterocycles. The minimum absolute atomic E-state index is 0.142. The molecular formula is C16H11NO4S. The lowest BCUT2D eigenvalue weighted by Gasteiger charge is -2.08. The first-order valence-corrected chi connectivity index (χ1v) is 7.49. The van der Waals surface area contributed by atoms with Gasteiger partial charge in [-0.3, -0.25) is 14.4 Å². The number of rotatable bonds is 4. The molecule has 0 amide bonds. The van der Waals surface area contributed by atoms with Gasteiger partial charge in [0.15, 0.2) is 0 Å². The maximum absolute atomic E-state index is 12.5. The smallest absolute Gasteiger partial charge is 0.313 e. The van der Waals surface area contributed by atoms with Crippen LogP contribution in [0.4, 0.5) is 0 Å². The van der Waals surface area contributed by atoms with Crippen molar-refractivity contribution in [2.45, 2.75) is 4.90 Å². The first kappa shape index (κ1) is 14.3. The molecule has 0 spiro atoms. The molecule has 5 nitrogen and oxygen atoms in total. The summed E-state index contributed by atoms with van der Waals surface area (Å²) < 4.78 is 1.11. The summed E-state index contributed by atoms with van der Waals surface area (Å²) in [6.45, 7) is 0. The maximum Gasteiger partial charge on any atom is 0.313 e.